The average molecular weight is 507 g/mol. The molecule has 1 aromatic carbocycles. The van der Waals surface area contributed by atoms with Crippen LogP contribution in [0.3, 0.4) is 0 Å². The number of nitrogens with one attached hydrogen (secondary N) is 3. The zero-order valence-corrected chi connectivity index (χ0v) is 21.2. The first-order valence-electron chi connectivity index (χ1n) is 12.0. The number of carbonyl (C=O) groups is 5. The zero-order valence-electron chi connectivity index (χ0n) is 21.2. The van der Waals surface area contributed by atoms with Gasteiger partial charge in [0, 0.05) is 12.8 Å². The standard InChI is InChI=1S/C25H38N4O7/c1-14(2)12-17(26)22(32)27-18(10-11-20(30)31)23(33)29-21(15(3)4)24(34)28-19(25(35)36)13-16-8-6-5-7-9-16/h5-9,14-15,17-19,21H,10-13,26H2,1-4H3,(H,27,32)(H,28,34)(H,29,33)(H,30,31)(H,35,36)/t17-,18-,19-,21-/m0/s1. The molecule has 0 aromatic heterocycles. The maximum Gasteiger partial charge on any atom is 0.326 e. The van der Waals surface area contributed by atoms with Crippen molar-refractivity contribution < 1.29 is 34.2 Å². The smallest absolute Gasteiger partial charge is 0.326 e. The van der Waals surface area contributed by atoms with Gasteiger partial charge < -0.3 is 31.9 Å². The number of hydrogen-bond donors (Lipinski definition) is 6. The number of rotatable bonds is 15. The van der Waals surface area contributed by atoms with Gasteiger partial charge in [0.15, 0.2) is 0 Å². The van der Waals surface area contributed by atoms with Crippen LogP contribution in [0, 0.1) is 11.8 Å². The van der Waals surface area contributed by atoms with Gasteiger partial charge in [-0.2, -0.15) is 0 Å². The van der Waals surface area contributed by atoms with Crippen molar-refractivity contribution in [3.05, 3.63) is 35.9 Å². The van der Waals surface area contributed by atoms with Gasteiger partial charge in [0.1, 0.15) is 18.1 Å². The highest BCUT2D eigenvalue weighted by atomic mass is 16.4. The Labute approximate surface area is 211 Å². The molecule has 1 aromatic rings. The Kier molecular flexibility index (Phi) is 12.6. The highest BCUT2D eigenvalue weighted by Crippen LogP contribution is 2.09. The third kappa shape index (κ3) is 10.9. The molecule has 0 radical (unpaired) electrons. The van der Waals surface area contributed by atoms with Crippen molar-refractivity contribution in [2.75, 3.05) is 0 Å². The Morgan fingerprint density at radius 2 is 1.42 bits per heavy atom. The van der Waals surface area contributed by atoms with Gasteiger partial charge in [-0.3, -0.25) is 19.2 Å². The molecule has 0 bridgehead atoms. The summed E-state index contributed by atoms with van der Waals surface area (Å²) in [4.78, 5) is 61.3. The molecular weight excluding hydrogens is 468 g/mol. The molecule has 0 aliphatic carbocycles. The molecule has 3 amide bonds. The lowest BCUT2D eigenvalue weighted by atomic mass is 10.00. The summed E-state index contributed by atoms with van der Waals surface area (Å²) in [7, 11) is 0. The summed E-state index contributed by atoms with van der Waals surface area (Å²) in [6.45, 7) is 7.10. The Morgan fingerprint density at radius 3 is 1.92 bits per heavy atom. The first-order valence-corrected chi connectivity index (χ1v) is 12.0. The van der Waals surface area contributed by atoms with Crippen LogP contribution in [0.5, 0.6) is 0 Å². The van der Waals surface area contributed by atoms with Crippen LogP contribution in [0.15, 0.2) is 30.3 Å². The lowest BCUT2D eigenvalue weighted by Crippen LogP contribution is -2.58. The van der Waals surface area contributed by atoms with E-state index in [1.807, 2.05) is 13.8 Å². The molecule has 0 aliphatic rings. The predicted octanol–water partition coefficient (Wildman–Crippen LogP) is 0.662. The van der Waals surface area contributed by atoms with Crippen LogP contribution < -0.4 is 21.7 Å². The molecular formula is C25H38N4O7. The van der Waals surface area contributed by atoms with E-state index in [-0.39, 0.29) is 18.8 Å². The van der Waals surface area contributed by atoms with E-state index in [0.717, 1.165) is 0 Å². The van der Waals surface area contributed by atoms with Crippen LogP contribution in [0.1, 0.15) is 52.5 Å². The van der Waals surface area contributed by atoms with E-state index >= 15 is 0 Å². The number of aliphatic carboxylic acids is 2. The summed E-state index contributed by atoms with van der Waals surface area (Å²) in [5, 5.41) is 26.1. The van der Waals surface area contributed by atoms with E-state index in [9.17, 15) is 29.1 Å². The molecule has 0 aliphatic heterocycles. The third-order valence-electron chi connectivity index (χ3n) is 5.49. The van der Waals surface area contributed by atoms with E-state index in [1.165, 1.54) is 0 Å². The van der Waals surface area contributed by atoms with Crippen LogP contribution in [-0.2, 0) is 30.4 Å². The topological polar surface area (TPSA) is 188 Å². The SMILES string of the molecule is CC(C)C[C@H](N)C(=O)N[C@@H](CCC(=O)O)C(=O)N[C@H](C(=O)N[C@@H](Cc1ccccc1)C(=O)O)C(C)C. The highest BCUT2D eigenvalue weighted by molar-refractivity contribution is 5.94. The summed E-state index contributed by atoms with van der Waals surface area (Å²) in [5.74, 6) is -4.76. The molecule has 7 N–H and O–H groups in total. The Balaban J connectivity index is 2.98. The summed E-state index contributed by atoms with van der Waals surface area (Å²) in [6, 6.07) is 4.31. The van der Waals surface area contributed by atoms with E-state index in [4.69, 9.17) is 10.8 Å². The van der Waals surface area contributed by atoms with Gasteiger partial charge in [-0.05, 0) is 30.2 Å². The number of carboxylic acids is 2. The lowest BCUT2D eigenvalue weighted by Gasteiger charge is -2.27. The lowest BCUT2D eigenvalue weighted by molar-refractivity contribution is -0.142. The number of amides is 3. The molecule has 0 fully saturated rings. The highest BCUT2D eigenvalue weighted by Gasteiger charge is 2.32. The van der Waals surface area contributed by atoms with Crippen molar-refractivity contribution in [2.24, 2.45) is 17.6 Å². The molecule has 11 nitrogen and oxygen atoms in total. The molecule has 1 rings (SSSR count). The normalized spacial score (nSPS) is 14.4. The molecule has 11 heteroatoms. The quantitative estimate of drug-likeness (QED) is 0.200. The minimum absolute atomic E-state index is 0.0473. The summed E-state index contributed by atoms with van der Waals surface area (Å²) < 4.78 is 0. The average Bonchev–Trinajstić information content (AvgIpc) is 2.79. The minimum atomic E-state index is -1.24. The van der Waals surface area contributed by atoms with Crippen molar-refractivity contribution in [2.45, 2.75) is 77.5 Å². The largest absolute Gasteiger partial charge is 0.481 e. The van der Waals surface area contributed by atoms with Gasteiger partial charge in [-0.25, -0.2) is 4.79 Å². The van der Waals surface area contributed by atoms with Crippen LogP contribution in [0.4, 0.5) is 0 Å². The van der Waals surface area contributed by atoms with Crippen molar-refractivity contribution in [1.82, 2.24) is 16.0 Å². The fourth-order valence-corrected chi connectivity index (χ4v) is 3.53. The van der Waals surface area contributed by atoms with Crippen LogP contribution >= 0.6 is 0 Å². The van der Waals surface area contributed by atoms with E-state index in [1.54, 1.807) is 44.2 Å². The second-order valence-electron chi connectivity index (χ2n) is 9.55. The molecule has 0 heterocycles. The van der Waals surface area contributed by atoms with Crippen molar-refractivity contribution >= 4 is 29.7 Å². The van der Waals surface area contributed by atoms with Gasteiger partial charge in [0.05, 0.1) is 6.04 Å². The molecule has 200 valence electrons. The molecule has 0 saturated carbocycles. The Morgan fingerprint density at radius 1 is 0.833 bits per heavy atom. The predicted molar refractivity (Wildman–Crippen MR) is 133 cm³/mol. The van der Waals surface area contributed by atoms with Crippen LogP contribution in [0.2, 0.25) is 0 Å². The van der Waals surface area contributed by atoms with Crippen molar-refractivity contribution in [3.63, 3.8) is 0 Å². The first-order chi connectivity index (χ1) is 16.8. The fraction of sp³-hybridized carbons (Fsp3) is 0.560. The van der Waals surface area contributed by atoms with Gasteiger partial charge >= 0.3 is 11.9 Å². The number of nitrogens with two attached hydrogens (primary N) is 1. The second kappa shape index (κ2) is 14.8. The van der Waals surface area contributed by atoms with Crippen LogP contribution in [0.25, 0.3) is 0 Å². The maximum absolute atomic E-state index is 13.0. The summed E-state index contributed by atoms with van der Waals surface area (Å²) in [5.41, 5.74) is 6.60. The number of carbonyl (C=O) groups excluding carboxylic acids is 3. The Hall–Kier alpha value is -3.47. The van der Waals surface area contributed by atoms with E-state index in [0.29, 0.717) is 12.0 Å². The van der Waals surface area contributed by atoms with E-state index in [2.05, 4.69) is 16.0 Å². The number of carboxylic acid groups (broad SMARTS) is 2. The van der Waals surface area contributed by atoms with Crippen LogP contribution in [-0.4, -0.2) is 64.0 Å². The fourth-order valence-electron chi connectivity index (χ4n) is 3.53. The van der Waals surface area contributed by atoms with Gasteiger partial charge in [0.25, 0.3) is 0 Å². The molecule has 0 unspecified atom stereocenters. The zero-order chi connectivity index (χ0) is 27.4. The molecule has 0 spiro atoms. The van der Waals surface area contributed by atoms with Gasteiger partial charge in [-0.1, -0.05) is 58.0 Å². The first kappa shape index (κ1) is 30.6. The molecule has 4 atom stereocenters. The molecule has 36 heavy (non-hydrogen) atoms. The van der Waals surface area contributed by atoms with Crippen molar-refractivity contribution in [3.8, 4) is 0 Å². The summed E-state index contributed by atoms with van der Waals surface area (Å²) in [6.07, 6.45) is -0.187. The van der Waals surface area contributed by atoms with Gasteiger partial charge in [-0.15, -0.1) is 0 Å². The number of benzene rings is 1. The Bertz CT molecular complexity index is 905. The molecule has 0 saturated heterocycles. The van der Waals surface area contributed by atoms with E-state index < -0.39 is 66.2 Å². The number of hydrogen-bond acceptors (Lipinski definition) is 6. The monoisotopic (exact) mass is 506 g/mol. The van der Waals surface area contributed by atoms with Crippen molar-refractivity contribution in [1.29, 1.82) is 0 Å². The van der Waals surface area contributed by atoms with Gasteiger partial charge in [0.2, 0.25) is 17.7 Å². The maximum atomic E-state index is 13.0. The second-order valence-corrected chi connectivity index (χ2v) is 9.55. The minimum Gasteiger partial charge on any atom is -0.481 e. The third-order valence-corrected chi connectivity index (χ3v) is 5.49. The summed E-state index contributed by atoms with van der Waals surface area (Å²) >= 11 is 0.